The number of thiophene rings is 2. The van der Waals surface area contributed by atoms with Crippen LogP contribution in [0.3, 0.4) is 0 Å². The summed E-state index contributed by atoms with van der Waals surface area (Å²) in [5.41, 5.74) is 9.23. The first kappa shape index (κ1) is 32.1. The fourth-order valence-corrected chi connectivity index (χ4v) is 9.75. The Bertz CT molecular complexity index is 3110. The molecule has 54 heavy (non-hydrogen) atoms. The van der Waals surface area contributed by atoms with E-state index in [9.17, 15) is 0 Å². The smallest absolute Gasteiger partial charge is 0.0902 e. The van der Waals surface area contributed by atoms with Gasteiger partial charge in [0, 0.05) is 58.4 Å². The Labute approximate surface area is 320 Å². The predicted molar refractivity (Wildman–Crippen MR) is 234 cm³/mol. The van der Waals surface area contributed by atoms with Crippen molar-refractivity contribution in [3.8, 4) is 22.4 Å². The van der Waals surface area contributed by atoms with Crippen LogP contribution in [0.15, 0.2) is 181 Å². The van der Waals surface area contributed by atoms with Crippen molar-refractivity contribution in [1.82, 2.24) is 4.98 Å². The van der Waals surface area contributed by atoms with Crippen LogP contribution >= 0.6 is 22.7 Å². The van der Waals surface area contributed by atoms with Gasteiger partial charge in [-0.05, 0) is 46.5 Å². The Morgan fingerprint density at radius 2 is 1.13 bits per heavy atom. The van der Waals surface area contributed by atoms with Gasteiger partial charge in [-0.2, -0.15) is 0 Å². The zero-order valence-corrected chi connectivity index (χ0v) is 30.7. The summed E-state index contributed by atoms with van der Waals surface area (Å²) in [6, 6.07) is 59.1. The quantitative estimate of drug-likeness (QED) is 0.163. The topological polar surface area (TPSA) is 49.1 Å². The van der Waals surface area contributed by atoms with Crippen LogP contribution in [0.1, 0.15) is 16.7 Å². The van der Waals surface area contributed by atoms with Crippen molar-refractivity contribution >= 4 is 91.5 Å². The van der Waals surface area contributed by atoms with Crippen molar-refractivity contribution in [2.45, 2.75) is 0 Å². The molecule has 0 atom stereocenters. The standard InChI is InChI=1S/C49H31N3S2/c50-42(33-12-2-1-3-13-33)29-43(51-30-31-24-26-32(27-25-31)36-20-11-21-39-37-16-6-8-22-44(37)53-48(36)39)34-14-10-15-35(28-34)46-38-17-4-5-18-40(38)49-47(52-46)41-19-7-9-23-45(41)54-49/h1-30,50H/b43-29-,50-42?,51-30?. The third kappa shape index (κ3) is 5.71. The minimum absolute atomic E-state index is 0.398. The van der Waals surface area contributed by atoms with Gasteiger partial charge < -0.3 is 5.41 Å². The first-order valence-electron chi connectivity index (χ1n) is 17.9. The van der Waals surface area contributed by atoms with E-state index in [1.807, 2.05) is 54.0 Å². The molecule has 0 aliphatic rings. The summed E-state index contributed by atoms with van der Waals surface area (Å²) in [5.74, 6) is 0. The minimum atomic E-state index is 0.398. The number of aromatic nitrogens is 1. The van der Waals surface area contributed by atoms with E-state index in [0.717, 1.165) is 38.9 Å². The summed E-state index contributed by atoms with van der Waals surface area (Å²) in [4.78, 5) is 10.4. The van der Waals surface area contributed by atoms with E-state index < -0.39 is 0 Å². The molecule has 0 aliphatic carbocycles. The van der Waals surface area contributed by atoms with E-state index in [-0.39, 0.29) is 0 Å². The zero-order valence-electron chi connectivity index (χ0n) is 29.0. The molecule has 1 N–H and O–H groups in total. The number of pyridine rings is 1. The second-order valence-corrected chi connectivity index (χ2v) is 15.4. The van der Waals surface area contributed by atoms with Gasteiger partial charge in [-0.25, -0.2) is 4.98 Å². The fraction of sp³-hybridized carbons (Fsp3) is 0. The summed E-state index contributed by atoms with van der Waals surface area (Å²) < 4.78 is 5.05. The summed E-state index contributed by atoms with van der Waals surface area (Å²) in [6.45, 7) is 0. The fourth-order valence-electron chi connectivity index (χ4n) is 7.33. The molecule has 0 amide bonds. The number of aliphatic imine (C=N–C) groups is 1. The molecule has 0 bridgehead atoms. The van der Waals surface area contributed by atoms with Crippen LogP contribution in [-0.2, 0) is 0 Å². The molecular formula is C49H31N3S2. The number of nitrogens with one attached hydrogen (secondary N) is 1. The summed E-state index contributed by atoms with van der Waals surface area (Å²) in [6.07, 6.45) is 3.76. The molecule has 0 unspecified atom stereocenters. The molecule has 3 aromatic heterocycles. The third-order valence-corrected chi connectivity index (χ3v) is 12.4. The highest BCUT2D eigenvalue weighted by atomic mass is 32.1. The maximum atomic E-state index is 9.04. The van der Waals surface area contributed by atoms with Crippen LogP contribution in [-0.4, -0.2) is 16.9 Å². The molecule has 3 heterocycles. The average molecular weight is 726 g/mol. The molecule has 3 nitrogen and oxygen atoms in total. The molecule has 0 saturated heterocycles. The monoisotopic (exact) mass is 725 g/mol. The van der Waals surface area contributed by atoms with Crippen LogP contribution in [0, 0.1) is 5.41 Å². The van der Waals surface area contributed by atoms with Gasteiger partial charge in [-0.3, -0.25) is 4.99 Å². The predicted octanol–water partition coefficient (Wildman–Crippen LogP) is 13.8. The number of hydrogen-bond donors (Lipinski definition) is 1. The molecule has 0 aliphatic heterocycles. The average Bonchev–Trinajstić information content (AvgIpc) is 3.81. The first-order valence-corrected chi connectivity index (χ1v) is 19.5. The summed E-state index contributed by atoms with van der Waals surface area (Å²) in [5, 5.41) is 15.1. The lowest BCUT2D eigenvalue weighted by Gasteiger charge is -2.11. The lowest BCUT2D eigenvalue weighted by molar-refractivity contribution is 1.43. The van der Waals surface area contributed by atoms with Crippen molar-refractivity contribution in [2.75, 3.05) is 0 Å². The van der Waals surface area contributed by atoms with E-state index in [0.29, 0.717) is 11.4 Å². The van der Waals surface area contributed by atoms with Crippen LogP contribution in [0.25, 0.3) is 79.3 Å². The van der Waals surface area contributed by atoms with E-state index in [1.54, 1.807) is 11.3 Å². The van der Waals surface area contributed by atoms with Gasteiger partial charge in [0.25, 0.3) is 0 Å². The number of nitrogens with zero attached hydrogens (tertiary/aromatic N) is 2. The Balaban J connectivity index is 1.05. The summed E-state index contributed by atoms with van der Waals surface area (Å²) in [7, 11) is 0. The molecular weight excluding hydrogens is 695 g/mol. The maximum Gasteiger partial charge on any atom is 0.0902 e. The number of hydrogen-bond acceptors (Lipinski definition) is 5. The second kappa shape index (κ2) is 13.5. The highest BCUT2D eigenvalue weighted by Crippen LogP contribution is 2.42. The van der Waals surface area contributed by atoms with Gasteiger partial charge in [-0.1, -0.05) is 152 Å². The molecule has 10 aromatic rings. The normalized spacial score (nSPS) is 12.2. The van der Waals surface area contributed by atoms with Gasteiger partial charge in [0.15, 0.2) is 0 Å². The van der Waals surface area contributed by atoms with E-state index in [2.05, 4.69) is 140 Å². The SMILES string of the molecule is N=C(/C=C(\N=Cc1ccc(-c2cccc3c2sc2ccccc23)cc1)c1cccc(-c2nc3c4ccccc4sc3c3ccccc23)c1)c1ccccc1. The molecule has 254 valence electrons. The number of fused-ring (bicyclic) bond motifs is 8. The first-order chi connectivity index (χ1) is 26.7. The van der Waals surface area contributed by atoms with Gasteiger partial charge in [0.1, 0.15) is 0 Å². The highest BCUT2D eigenvalue weighted by molar-refractivity contribution is 7.27. The molecule has 10 rings (SSSR count). The van der Waals surface area contributed by atoms with E-state index in [4.69, 9.17) is 15.4 Å². The summed E-state index contributed by atoms with van der Waals surface area (Å²) >= 11 is 3.65. The molecule has 0 spiro atoms. The Kier molecular flexibility index (Phi) is 8.02. The van der Waals surface area contributed by atoms with Crippen LogP contribution < -0.4 is 0 Å². The molecule has 5 heteroatoms. The number of benzene rings is 7. The molecule has 0 fully saturated rings. The lowest BCUT2D eigenvalue weighted by Crippen LogP contribution is -1.97. The van der Waals surface area contributed by atoms with Crippen LogP contribution in [0.4, 0.5) is 0 Å². The largest absolute Gasteiger partial charge is 0.300 e. The molecule has 0 radical (unpaired) electrons. The molecule has 7 aromatic carbocycles. The van der Waals surface area contributed by atoms with Crippen molar-refractivity contribution < 1.29 is 0 Å². The Hall–Kier alpha value is -6.53. The van der Waals surface area contributed by atoms with Gasteiger partial charge in [0.2, 0.25) is 0 Å². The van der Waals surface area contributed by atoms with Gasteiger partial charge in [-0.15, -0.1) is 22.7 Å². The van der Waals surface area contributed by atoms with E-state index in [1.165, 1.54) is 51.5 Å². The van der Waals surface area contributed by atoms with Crippen LogP contribution in [0.5, 0.6) is 0 Å². The van der Waals surface area contributed by atoms with Crippen molar-refractivity contribution in [3.63, 3.8) is 0 Å². The Morgan fingerprint density at radius 1 is 0.519 bits per heavy atom. The lowest BCUT2D eigenvalue weighted by atomic mass is 9.99. The maximum absolute atomic E-state index is 9.04. The minimum Gasteiger partial charge on any atom is -0.300 e. The Morgan fingerprint density at radius 3 is 1.94 bits per heavy atom. The van der Waals surface area contributed by atoms with Crippen molar-refractivity contribution in [1.29, 1.82) is 5.41 Å². The third-order valence-electron chi connectivity index (χ3n) is 10.00. The van der Waals surface area contributed by atoms with Crippen molar-refractivity contribution in [3.05, 3.63) is 193 Å². The molecule has 0 saturated carbocycles. The zero-order chi connectivity index (χ0) is 36.0. The van der Waals surface area contributed by atoms with Crippen LogP contribution in [0.2, 0.25) is 0 Å². The van der Waals surface area contributed by atoms with Gasteiger partial charge in [0.05, 0.1) is 27.3 Å². The van der Waals surface area contributed by atoms with E-state index >= 15 is 0 Å². The van der Waals surface area contributed by atoms with Crippen molar-refractivity contribution in [2.24, 2.45) is 4.99 Å². The number of rotatable bonds is 7. The highest BCUT2D eigenvalue weighted by Gasteiger charge is 2.16. The second-order valence-electron chi connectivity index (χ2n) is 13.3. The number of allylic oxidation sites excluding steroid dienone is 1. The van der Waals surface area contributed by atoms with Gasteiger partial charge >= 0.3 is 0 Å².